The summed E-state index contributed by atoms with van der Waals surface area (Å²) in [6, 6.07) is 8.95. The minimum Gasteiger partial charge on any atom is -0.457 e. The number of sulfonamides is 1. The van der Waals surface area contributed by atoms with E-state index in [9.17, 15) is 13.2 Å². The van der Waals surface area contributed by atoms with E-state index in [0.29, 0.717) is 24.6 Å². The molecule has 174 valence electrons. The molecule has 3 aromatic rings. The molecule has 1 atom stereocenters. The molecule has 0 radical (unpaired) electrons. The van der Waals surface area contributed by atoms with Crippen LogP contribution in [-0.4, -0.2) is 60.0 Å². The zero-order valence-electron chi connectivity index (χ0n) is 18.2. The van der Waals surface area contributed by atoms with Crippen molar-refractivity contribution in [2.75, 3.05) is 25.5 Å². The number of nitrogens with one attached hydrogen (secondary N) is 2. The van der Waals surface area contributed by atoms with Crippen LogP contribution in [0.5, 0.6) is 11.5 Å². The number of amides is 1. The standard InChI is InChI=1S/C22H25N5O4S2/c1-23-21(28)19-11-16(8-9-24-19)31-15-4-7-18-20(12-15)32-22(26-18)25-14-3-2-10-27(13-14)33(29,30)17-5-6-17/h4,7-9,11-12,14,17H,2-3,5-6,10,13H2,1H3,(H,23,28)(H,25,26). The number of piperidine rings is 1. The van der Waals surface area contributed by atoms with Gasteiger partial charge in [-0.05, 0) is 43.9 Å². The molecule has 1 saturated carbocycles. The first-order valence-electron chi connectivity index (χ1n) is 10.9. The summed E-state index contributed by atoms with van der Waals surface area (Å²) < 4.78 is 33.7. The highest BCUT2D eigenvalue weighted by molar-refractivity contribution is 7.90. The van der Waals surface area contributed by atoms with Gasteiger partial charge in [0.25, 0.3) is 5.91 Å². The Labute approximate surface area is 196 Å². The first kappa shape index (κ1) is 22.1. The molecule has 1 amide bonds. The molecule has 33 heavy (non-hydrogen) atoms. The van der Waals surface area contributed by atoms with Gasteiger partial charge in [-0.2, -0.15) is 4.31 Å². The number of nitrogens with zero attached hydrogens (tertiary/aromatic N) is 3. The molecule has 2 fully saturated rings. The second-order valence-corrected chi connectivity index (χ2v) is 11.5. The summed E-state index contributed by atoms with van der Waals surface area (Å²) >= 11 is 1.51. The van der Waals surface area contributed by atoms with Gasteiger partial charge in [0.2, 0.25) is 10.0 Å². The van der Waals surface area contributed by atoms with Crippen LogP contribution in [0.3, 0.4) is 0 Å². The molecule has 5 rings (SSSR count). The van der Waals surface area contributed by atoms with Gasteiger partial charge in [0.1, 0.15) is 17.2 Å². The van der Waals surface area contributed by atoms with Crippen molar-refractivity contribution in [2.45, 2.75) is 37.0 Å². The van der Waals surface area contributed by atoms with Crippen molar-refractivity contribution in [3.05, 3.63) is 42.2 Å². The van der Waals surface area contributed by atoms with E-state index in [1.807, 2.05) is 18.2 Å². The van der Waals surface area contributed by atoms with Crippen molar-refractivity contribution in [1.29, 1.82) is 0 Å². The van der Waals surface area contributed by atoms with Gasteiger partial charge >= 0.3 is 0 Å². The predicted octanol–water partition coefficient (Wildman–Crippen LogP) is 3.21. The van der Waals surface area contributed by atoms with E-state index in [1.54, 1.807) is 23.5 Å². The monoisotopic (exact) mass is 487 g/mol. The highest BCUT2D eigenvalue weighted by atomic mass is 32.2. The molecule has 2 N–H and O–H groups in total. The maximum Gasteiger partial charge on any atom is 0.269 e. The van der Waals surface area contributed by atoms with E-state index in [1.165, 1.54) is 17.5 Å². The molecule has 2 aromatic heterocycles. The van der Waals surface area contributed by atoms with Gasteiger partial charge < -0.3 is 15.4 Å². The zero-order chi connectivity index (χ0) is 23.0. The van der Waals surface area contributed by atoms with Crippen molar-refractivity contribution in [1.82, 2.24) is 19.6 Å². The fourth-order valence-corrected chi connectivity index (χ4v) is 6.83. The summed E-state index contributed by atoms with van der Waals surface area (Å²) in [6.45, 7) is 1.09. The minimum atomic E-state index is -3.15. The van der Waals surface area contributed by atoms with Gasteiger partial charge in [0.05, 0.1) is 15.5 Å². The third-order valence-corrected chi connectivity index (χ3v) is 9.12. The predicted molar refractivity (Wildman–Crippen MR) is 127 cm³/mol. The quantitative estimate of drug-likeness (QED) is 0.526. The third-order valence-electron chi connectivity index (χ3n) is 5.80. The molecule has 1 saturated heterocycles. The first-order chi connectivity index (χ1) is 15.9. The molecular formula is C22H25N5O4S2. The summed E-state index contributed by atoms with van der Waals surface area (Å²) in [5, 5.41) is 6.57. The van der Waals surface area contributed by atoms with E-state index in [4.69, 9.17) is 4.74 Å². The SMILES string of the molecule is CNC(=O)c1cc(Oc2ccc3nc(NC4CCCN(S(=O)(=O)C5CC5)C4)sc3c2)ccn1. The van der Waals surface area contributed by atoms with Crippen LogP contribution in [0.1, 0.15) is 36.2 Å². The van der Waals surface area contributed by atoms with Gasteiger partial charge in [-0.25, -0.2) is 13.4 Å². The minimum absolute atomic E-state index is 0.0449. The van der Waals surface area contributed by atoms with Crippen molar-refractivity contribution >= 4 is 42.6 Å². The smallest absolute Gasteiger partial charge is 0.269 e. The summed E-state index contributed by atoms with van der Waals surface area (Å²) in [7, 11) is -1.60. The zero-order valence-corrected chi connectivity index (χ0v) is 19.8. The fourth-order valence-electron chi connectivity index (χ4n) is 3.94. The molecule has 11 heteroatoms. The molecule has 1 aliphatic carbocycles. The van der Waals surface area contributed by atoms with Crippen molar-refractivity contribution in [2.24, 2.45) is 0 Å². The van der Waals surface area contributed by atoms with E-state index >= 15 is 0 Å². The summed E-state index contributed by atoms with van der Waals surface area (Å²) in [4.78, 5) is 20.5. The van der Waals surface area contributed by atoms with Crippen LogP contribution >= 0.6 is 11.3 Å². The van der Waals surface area contributed by atoms with E-state index in [0.717, 1.165) is 41.0 Å². The van der Waals surface area contributed by atoms with Crippen LogP contribution in [-0.2, 0) is 10.0 Å². The molecule has 1 aromatic carbocycles. The number of carbonyl (C=O) groups excluding carboxylic acids is 1. The molecule has 0 bridgehead atoms. The number of hydrogen-bond donors (Lipinski definition) is 2. The number of benzene rings is 1. The average Bonchev–Trinajstić information content (AvgIpc) is 3.61. The summed E-state index contributed by atoms with van der Waals surface area (Å²) in [5.41, 5.74) is 1.12. The number of hydrogen-bond acceptors (Lipinski definition) is 8. The molecule has 1 unspecified atom stereocenters. The van der Waals surface area contributed by atoms with E-state index in [2.05, 4.69) is 20.6 Å². The van der Waals surface area contributed by atoms with Crippen molar-refractivity contribution in [3.8, 4) is 11.5 Å². The Morgan fingerprint density at radius 2 is 2.00 bits per heavy atom. The maximum absolute atomic E-state index is 12.6. The van der Waals surface area contributed by atoms with Crippen LogP contribution in [0.4, 0.5) is 5.13 Å². The summed E-state index contributed by atoms with van der Waals surface area (Å²) in [5.74, 6) is 0.872. The molecule has 0 spiro atoms. The van der Waals surface area contributed by atoms with Gasteiger partial charge in [-0.1, -0.05) is 11.3 Å². The highest BCUT2D eigenvalue weighted by Gasteiger charge is 2.41. The Hall–Kier alpha value is -2.76. The Bertz CT molecular complexity index is 1290. The number of anilines is 1. The van der Waals surface area contributed by atoms with Crippen LogP contribution in [0, 0.1) is 0 Å². The highest BCUT2D eigenvalue weighted by Crippen LogP contribution is 2.34. The maximum atomic E-state index is 12.6. The number of aromatic nitrogens is 2. The van der Waals surface area contributed by atoms with Crippen LogP contribution < -0.4 is 15.4 Å². The van der Waals surface area contributed by atoms with Gasteiger partial charge in [0, 0.05) is 44.5 Å². The summed E-state index contributed by atoms with van der Waals surface area (Å²) in [6.07, 6.45) is 4.86. The lowest BCUT2D eigenvalue weighted by Gasteiger charge is -2.32. The van der Waals surface area contributed by atoms with Crippen LogP contribution in [0.15, 0.2) is 36.5 Å². The average molecular weight is 488 g/mol. The lowest BCUT2D eigenvalue weighted by atomic mass is 10.1. The molecule has 9 nitrogen and oxygen atoms in total. The topological polar surface area (TPSA) is 114 Å². The first-order valence-corrected chi connectivity index (χ1v) is 13.3. The van der Waals surface area contributed by atoms with Crippen LogP contribution in [0.25, 0.3) is 10.2 Å². The Balaban J connectivity index is 1.28. The number of rotatable bonds is 7. The van der Waals surface area contributed by atoms with E-state index < -0.39 is 10.0 Å². The number of pyridine rings is 1. The van der Waals surface area contributed by atoms with Gasteiger partial charge in [0.15, 0.2) is 5.13 Å². The second-order valence-electron chi connectivity index (χ2n) is 8.29. The Morgan fingerprint density at radius 3 is 2.79 bits per heavy atom. The van der Waals surface area contributed by atoms with Crippen LogP contribution in [0.2, 0.25) is 0 Å². The van der Waals surface area contributed by atoms with Crippen molar-refractivity contribution < 1.29 is 17.9 Å². The number of thiazole rings is 1. The number of fused-ring (bicyclic) bond motifs is 1. The largest absolute Gasteiger partial charge is 0.457 e. The Morgan fingerprint density at radius 1 is 1.18 bits per heavy atom. The van der Waals surface area contributed by atoms with E-state index in [-0.39, 0.29) is 22.9 Å². The molecular weight excluding hydrogens is 462 g/mol. The lowest BCUT2D eigenvalue weighted by Crippen LogP contribution is -2.46. The van der Waals surface area contributed by atoms with Gasteiger partial charge in [-0.3, -0.25) is 9.78 Å². The molecule has 2 aliphatic rings. The fraction of sp³-hybridized carbons (Fsp3) is 0.409. The Kier molecular flexibility index (Phi) is 5.94. The molecule has 1 aliphatic heterocycles. The molecule has 3 heterocycles. The second kappa shape index (κ2) is 8.88. The third kappa shape index (κ3) is 4.80. The lowest BCUT2D eigenvalue weighted by molar-refractivity contribution is 0.0958. The number of ether oxygens (including phenoxy) is 1. The number of carbonyl (C=O) groups is 1. The van der Waals surface area contributed by atoms with Gasteiger partial charge in [-0.15, -0.1) is 0 Å². The normalized spacial score (nSPS) is 19.4. The van der Waals surface area contributed by atoms with Crippen molar-refractivity contribution in [3.63, 3.8) is 0 Å².